The molecule has 0 aromatic carbocycles. The summed E-state index contributed by atoms with van der Waals surface area (Å²) in [5, 5.41) is 17.4. The average molecular weight is 334 g/mol. The molecule has 0 radical (unpaired) electrons. The summed E-state index contributed by atoms with van der Waals surface area (Å²) in [6, 6.07) is 3.40. The van der Waals surface area contributed by atoms with E-state index in [1.54, 1.807) is 29.9 Å². The van der Waals surface area contributed by atoms with Crippen molar-refractivity contribution in [1.82, 2.24) is 29.5 Å². The highest BCUT2D eigenvalue weighted by Crippen LogP contribution is 2.27. The minimum atomic E-state index is -0.937. The van der Waals surface area contributed by atoms with E-state index >= 15 is 0 Å². The molecule has 0 aliphatic carbocycles. The minimum Gasteiger partial charge on any atom is -0.465 e. The number of carbonyl (C=O) groups is 1. The van der Waals surface area contributed by atoms with Crippen LogP contribution in [0.15, 0.2) is 18.5 Å². The molecule has 0 spiro atoms. The number of anilines is 1. The fourth-order valence-electron chi connectivity index (χ4n) is 2.63. The molecule has 3 aromatic heterocycles. The molecule has 1 amide bonds. The minimum absolute atomic E-state index is 0.0590. The number of aromatic nitrogens is 5. The average Bonchev–Trinajstić information content (AvgIpc) is 2.95. The second-order valence-corrected chi connectivity index (χ2v) is 5.78. The Morgan fingerprint density at radius 1 is 1.35 bits per heavy atom. The van der Waals surface area contributed by atoms with Gasteiger partial charge in [-0.05, 0) is 12.1 Å². The second kappa shape index (κ2) is 4.92. The number of rotatable bonds is 2. The summed E-state index contributed by atoms with van der Waals surface area (Å²) in [7, 11) is 1.57. The predicted molar refractivity (Wildman–Crippen MR) is 82.9 cm³/mol. The van der Waals surface area contributed by atoms with Crippen LogP contribution in [-0.4, -0.2) is 66.8 Å². The van der Waals surface area contributed by atoms with Gasteiger partial charge in [0.05, 0.1) is 6.04 Å². The molecule has 0 saturated carbocycles. The summed E-state index contributed by atoms with van der Waals surface area (Å²) in [6.07, 6.45) is 0.625. The van der Waals surface area contributed by atoms with Gasteiger partial charge in [-0.15, -0.1) is 10.2 Å². The van der Waals surface area contributed by atoms with Gasteiger partial charge in [0, 0.05) is 20.1 Å². The maximum absolute atomic E-state index is 11.0. The Bertz CT molecular complexity index is 921. The van der Waals surface area contributed by atoms with E-state index in [0.29, 0.717) is 40.9 Å². The number of halogens is 1. The summed E-state index contributed by atoms with van der Waals surface area (Å²) >= 11 is 5.95. The van der Waals surface area contributed by atoms with Gasteiger partial charge in [0.1, 0.15) is 17.0 Å². The van der Waals surface area contributed by atoms with E-state index in [0.717, 1.165) is 0 Å². The van der Waals surface area contributed by atoms with Gasteiger partial charge in [0.25, 0.3) is 0 Å². The molecular weight excluding hydrogens is 322 g/mol. The lowest BCUT2D eigenvalue weighted by Crippen LogP contribution is -2.60. The number of nitrogens with zero attached hydrogens (tertiary/aromatic N) is 7. The van der Waals surface area contributed by atoms with E-state index < -0.39 is 6.09 Å². The molecule has 4 rings (SSSR count). The Balaban J connectivity index is 1.75. The first-order chi connectivity index (χ1) is 11.0. The lowest BCUT2D eigenvalue weighted by atomic mass is 10.1. The Kier molecular flexibility index (Phi) is 2.98. The quantitative estimate of drug-likeness (QED) is 0.701. The van der Waals surface area contributed by atoms with Gasteiger partial charge >= 0.3 is 6.09 Å². The Morgan fingerprint density at radius 2 is 2.13 bits per heavy atom. The molecule has 1 saturated heterocycles. The van der Waals surface area contributed by atoms with Crippen LogP contribution in [0.5, 0.6) is 0 Å². The largest absolute Gasteiger partial charge is 0.465 e. The van der Waals surface area contributed by atoms with Crippen LogP contribution in [-0.2, 0) is 0 Å². The Morgan fingerprint density at radius 3 is 2.87 bits per heavy atom. The summed E-state index contributed by atoms with van der Waals surface area (Å²) in [4.78, 5) is 23.1. The van der Waals surface area contributed by atoms with Crippen molar-refractivity contribution in [3.8, 4) is 0 Å². The van der Waals surface area contributed by atoms with Crippen LogP contribution in [0.2, 0.25) is 5.15 Å². The summed E-state index contributed by atoms with van der Waals surface area (Å²) in [5.74, 6) is 0.661. The number of likely N-dealkylation sites (N-methyl/N-ethyl adjacent to an activating group) is 1. The Hall–Kier alpha value is -2.68. The normalized spacial score (nSPS) is 15.1. The van der Waals surface area contributed by atoms with Crippen LogP contribution >= 0.6 is 11.6 Å². The van der Waals surface area contributed by atoms with E-state index in [2.05, 4.69) is 20.2 Å². The van der Waals surface area contributed by atoms with Gasteiger partial charge in [-0.3, -0.25) is 4.40 Å². The van der Waals surface area contributed by atoms with Crippen LogP contribution < -0.4 is 4.90 Å². The second-order valence-electron chi connectivity index (χ2n) is 5.39. The first-order valence-electron chi connectivity index (χ1n) is 6.91. The van der Waals surface area contributed by atoms with Crippen LogP contribution in [0.3, 0.4) is 0 Å². The number of hydrogen-bond acceptors (Lipinski definition) is 6. The highest BCUT2D eigenvalue weighted by Gasteiger charge is 2.35. The smallest absolute Gasteiger partial charge is 0.407 e. The first kappa shape index (κ1) is 13.9. The van der Waals surface area contributed by atoms with Gasteiger partial charge in [-0.25, -0.2) is 14.8 Å². The summed E-state index contributed by atoms with van der Waals surface area (Å²) in [5.41, 5.74) is 1.83. The van der Waals surface area contributed by atoms with Crippen LogP contribution in [0, 0.1) is 0 Å². The molecular formula is C13H12ClN7O2. The van der Waals surface area contributed by atoms with E-state index in [4.69, 9.17) is 16.7 Å². The fraction of sp³-hybridized carbons (Fsp3) is 0.308. The molecule has 118 valence electrons. The van der Waals surface area contributed by atoms with Crippen LogP contribution in [0.4, 0.5) is 10.6 Å². The molecule has 0 bridgehead atoms. The van der Waals surface area contributed by atoms with E-state index in [1.165, 1.54) is 4.90 Å². The topological polar surface area (TPSA) is 99.8 Å². The highest BCUT2D eigenvalue weighted by atomic mass is 35.5. The zero-order valence-corrected chi connectivity index (χ0v) is 12.8. The van der Waals surface area contributed by atoms with Crippen molar-refractivity contribution in [1.29, 1.82) is 0 Å². The fourth-order valence-corrected chi connectivity index (χ4v) is 2.77. The van der Waals surface area contributed by atoms with E-state index in [1.807, 2.05) is 4.90 Å². The standard InChI is InChI=1S/C13H12ClN7O2/c1-19(13(22)23)7-4-20(5-7)11-12-18-15-6-21(12)10-8(16-11)2-3-9(14)17-10/h2-3,6-7H,4-5H2,1H3,(H,22,23). The van der Waals surface area contributed by atoms with Crippen LogP contribution in [0.1, 0.15) is 0 Å². The molecule has 0 atom stereocenters. The maximum atomic E-state index is 11.0. The SMILES string of the molecule is CN(C(=O)O)C1CN(c2nc3ccc(Cl)nc3n3cnnc23)C1. The third-order valence-corrected chi connectivity index (χ3v) is 4.24. The van der Waals surface area contributed by atoms with Gasteiger partial charge in [-0.2, -0.15) is 0 Å². The molecule has 1 aliphatic heterocycles. The van der Waals surface area contributed by atoms with Crippen molar-refractivity contribution in [2.75, 3.05) is 25.0 Å². The Labute approximate surface area is 135 Å². The molecule has 9 nitrogen and oxygen atoms in total. The maximum Gasteiger partial charge on any atom is 0.407 e. The number of hydrogen-bond donors (Lipinski definition) is 1. The zero-order valence-electron chi connectivity index (χ0n) is 12.1. The van der Waals surface area contributed by atoms with Crippen LogP contribution in [0.25, 0.3) is 16.8 Å². The van der Waals surface area contributed by atoms with Crippen molar-refractivity contribution >= 4 is 40.3 Å². The first-order valence-corrected chi connectivity index (χ1v) is 7.29. The van der Waals surface area contributed by atoms with Crippen molar-refractivity contribution in [2.45, 2.75) is 6.04 Å². The third-order valence-electron chi connectivity index (χ3n) is 4.03. The summed E-state index contributed by atoms with van der Waals surface area (Å²) < 4.78 is 1.73. The molecule has 1 fully saturated rings. The van der Waals surface area contributed by atoms with Gasteiger partial charge in [-0.1, -0.05) is 11.6 Å². The van der Waals surface area contributed by atoms with Gasteiger partial charge < -0.3 is 14.9 Å². The molecule has 23 heavy (non-hydrogen) atoms. The van der Waals surface area contributed by atoms with Crippen molar-refractivity contribution in [2.24, 2.45) is 0 Å². The molecule has 1 aliphatic rings. The number of pyridine rings is 1. The molecule has 1 N–H and O–H groups in total. The van der Waals surface area contributed by atoms with Gasteiger partial charge in [0.15, 0.2) is 11.5 Å². The molecule has 3 aromatic rings. The van der Waals surface area contributed by atoms with E-state index in [9.17, 15) is 4.79 Å². The predicted octanol–water partition coefficient (Wildman–Crippen LogP) is 1.12. The number of fused-ring (bicyclic) bond motifs is 3. The zero-order chi connectivity index (χ0) is 16.1. The molecule has 0 unspecified atom stereocenters. The van der Waals surface area contributed by atoms with Gasteiger partial charge in [0.2, 0.25) is 5.65 Å². The number of carboxylic acid groups (broad SMARTS) is 1. The van der Waals surface area contributed by atoms with Crippen molar-refractivity contribution < 1.29 is 9.90 Å². The van der Waals surface area contributed by atoms with Crippen molar-refractivity contribution in [3.05, 3.63) is 23.6 Å². The third kappa shape index (κ3) is 2.12. The number of amides is 1. The molecule has 10 heteroatoms. The highest BCUT2D eigenvalue weighted by molar-refractivity contribution is 6.29. The monoisotopic (exact) mass is 333 g/mol. The lowest BCUT2D eigenvalue weighted by Gasteiger charge is -2.43. The summed E-state index contributed by atoms with van der Waals surface area (Å²) in [6.45, 7) is 1.12. The lowest BCUT2D eigenvalue weighted by molar-refractivity contribution is 0.130. The van der Waals surface area contributed by atoms with E-state index in [-0.39, 0.29) is 6.04 Å². The molecule has 4 heterocycles. The van der Waals surface area contributed by atoms with Crippen molar-refractivity contribution in [3.63, 3.8) is 0 Å².